The Balaban J connectivity index is 1.85. The average molecular weight is 415 g/mol. The molecule has 1 saturated carbocycles. The van der Waals surface area contributed by atoms with Crippen molar-refractivity contribution in [1.82, 2.24) is 9.78 Å². The van der Waals surface area contributed by atoms with Crippen LogP contribution in [0.3, 0.4) is 0 Å². The zero-order valence-corrected chi connectivity index (χ0v) is 15.2. The number of nitrogens with zero attached hydrogens (tertiary/aromatic N) is 2. The highest BCUT2D eigenvalue weighted by atomic mass is 19.3. The molecule has 1 aliphatic rings. The SMILES string of the molecule is COC(=O)c1ccc(NC(=O)c2cn(CC(F)F)nc2C2CC2)cc1OC(F)F. The number of hydrogen-bond donors (Lipinski definition) is 1. The van der Waals surface area contributed by atoms with Crippen LogP contribution in [0.4, 0.5) is 23.2 Å². The summed E-state index contributed by atoms with van der Waals surface area (Å²) in [5.41, 5.74) is 0.371. The first-order chi connectivity index (χ1) is 13.8. The van der Waals surface area contributed by atoms with Gasteiger partial charge in [-0.25, -0.2) is 13.6 Å². The van der Waals surface area contributed by atoms with Crippen molar-refractivity contribution in [3.8, 4) is 5.75 Å². The first kappa shape index (κ1) is 20.6. The van der Waals surface area contributed by atoms with Crippen LogP contribution in [0.15, 0.2) is 24.4 Å². The first-order valence-electron chi connectivity index (χ1n) is 8.62. The Morgan fingerprint density at radius 3 is 2.55 bits per heavy atom. The molecule has 1 fully saturated rings. The molecule has 2 aromatic rings. The highest BCUT2D eigenvalue weighted by Crippen LogP contribution is 2.41. The van der Waals surface area contributed by atoms with Crippen LogP contribution in [0, 0.1) is 0 Å². The number of hydrogen-bond acceptors (Lipinski definition) is 5. The summed E-state index contributed by atoms with van der Waals surface area (Å²) in [4.78, 5) is 24.3. The fourth-order valence-electron chi connectivity index (χ4n) is 2.78. The third-order valence-electron chi connectivity index (χ3n) is 4.18. The Morgan fingerprint density at radius 2 is 1.97 bits per heavy atom. The van der Waals surface area contributed by atoms with E-state index in [-0.39, 0.29) is 22.7 Å². The number of esters is 1. The molecule has 0 radical (unpaired) electrons. The maximum absolute atomic E-state index is 12.6. The lowest BCUT2D eigenvalue weighted by molar-refractivity contribution is -0.0503. The maximum atomic E-state index is 12.6. The van der Waals surface area contributed by atoms with Crippen LogP contribution in [0.5, 0.6) is 5.75 Å². The molecule has 0 spiro atoms. The number of amides is 1. The van der Waals surface area contributed by atoms with Crippen molar-refractivity contribution >= 4 is 17.6 Å². The second kappa shape index (κ2) is 8.50. The first-order valence-corrected chi connectivity index (χ1v) is 8.62. The predicted octanol–water partition coefficient (Wildman–Crippen LogP) is 3.67. The van der Waals surface area contributed by atoms with Crippen LogP contribution in [-0.2, 0) is 11.3 Å². The number of anilines is 1. The van der Waals surface area contributed by atoms with Gasteiger partial charge >= 0.3 is 12.6 Å². The number of aromatic nitrogens is 2. The number of carbonyl (C=O) groups excluding carboxylic acids is 2. The van der Waals surface area contributed by atoms with Gasteiger partial charge in [0.25, 0.3) is 12.3 Å². The van der Waals surface area contributed by atoms with E-state index in [4.69, 9.17) is 0 Å². The summed E-state index contributed by atoms with van der Waals surface area (Å²) in [6.07, 6.45) is 0.199. The lowest BCUT2D eigenvalue weighted by Crippen LogP contribution is -2.14. The molecule has 1 heterocycles. The van der Waals surface area contributed by atoms with Crippen LogP contribution >= 0.6 is 0 Å². The molecule has 0 aliphatic heterocycles. The fraction of sp³-hybridized carbons (Fsp3) is 0.389. The second-order valence-corrected chi connectivity index (χ2v) is 6.35. The summed E-state index contributed by atoms with van der Waals surface area (Å²) in [7, 11) is 1.08. The third-order valence-corrected chi connectivity index (χ3v) is 4.18. The molecule has 7 nitrogen and oxygen atoms in total. The van der Waals surface area contributed by atoms with Crippen LogP contribution < -0.4 is 10.1 Å². The monoisotopic (exact) mass is 415 g/mol. The predicted molar refractivity (Wildman–Crippen MR) is 92.6 cm³/mol. The maximum Gasteiger partial charge on any atom is 0.387 e. The zero-order chi connectivity index (χ0) is 21.1. The largest absolute Gasteiger partial charge is 0.465 e. The van der Waals surface area contributed by atoms with Gasteiger partial charge in [0, 0.05) is 23.9 Å². The molecule has 3 rings (SSSR count). The Kier molecular flexibility index (Phi) is 6.04. The number of carbonyl (C=O) groups is 2. The number of benzene rings is 1. The van der Waals surface area contributed by atoms with Crippen LogP contribution in [0.1, 0.15) is 45.2 Å². The highest BCUT2D eigenvalue weighted by molar-refractivity contribution is 6.05. The molecule has 156 valence electrons. The Labute approximate surface area is 162 Å². The van der Waals surface area contributed by atoms with Crippen molar-refractivity contribution in [2.75, 3.05) is 12.4 Å². The van der Waals surface area contributed by atoms with Crippen molar-refractivity contribution in [3.05, 3.63) is 41.2 Å². The summed E-state index contributed by atoms with van der Waals surface area (Å²) >= 11 is 0. The minimum Gasteiger partial charge on any atom is -0.465 e. The van der Waals surface area contributed by atoms with Crippen molar-refractivity contribution in [1.29, 1.82) is 0 Å². The van der Waals surface area contributed by atoms with E-state index < -0.39 is 37.2 Å². The van der Waals surface area contributed by atoms with E-state index in [0.717, 1.165) is 30.7 Å². The molecule has 1 aromatic carbocycles. The lowest BCUT2D eigenvalue weighted by atomic mass is 10.1. The van der Waals surface area contributed by atoms with E-state index >= 15 is 0 Å². The molecule has 11 heteroatoms. The summed E-state index contributed by atoms with van der Waals surface area (Å²) in [6.45, 7) is -3.84. The topological polar surface area (TPSA) is 82.5 Å². The Morgan fingerprint density at radius 1 is 1.24 bits per heavy atom. The van der Waals surface area contributed by atoms with E-state index in [1.165, 1.54) is 18.3 Å². The van der Waals surface area contributed by atoms with Gasteiger partial charge in [0.2, 0.25) is 0 Å². The number of rotatable bonds is 8. The smallest absolute Gasteiger partial charge is 0.387 e. The number of alkyl halides is 4. The van der Waals surface area contributed by atoms with Gasteiger partial charge in [-0.2, -0.15) is 13.9 Å². The minimum absolute atomic E-state index is 0.0223. The van der Waals surface area contributed by atoms with Gasteiger partial charge in [-0.05, 0) is 25.0 Å². The molecule has 29 heavy (non-hydrogen) atoms. The van der Waals surface area contributed by atoms with Crippen LogP contribution in [0.2, 0.25) is 0 Å². The molecule has 1 aromatic heterocycles. The number of methoxy groups -OCH3 is 1. The van der Waals surface area contributed by atoms with E-state index in [2.05, 4.69) is 19.9 Å². The number of nitrogens with one attached hydrogen (secondary N) is 1. The van der Waals surface area contributed by atoms with Gasteiger partial charge in [0.05, 0.1) is 18.4 Å². The molecule has 1 amide bonds. The lowest BCUT2D eigenvalue weighted by Gasteiger charge is -2.12. The van der Waals surface area contributed by atoms with Crippen LogP contribution in [0.25, 0.3) is 0 Å². The fourth-order valence-corrected chi connectivity index (χ4v) is 2.78. The third kappa shape index (κ3) is 5.04. The summed E-state index contributed by atoms with van der Waals surface area (Å²) in [5, 5.41) is 6.56. The van der Waals surface area contributed by atoms with E-state index in [1.54, 1.807) is 0 Å². The highest BCUT2D eigenvalue weighted by Gasteiger charge is 2.32. The molecule has 0 atom stereocenters. The molecule has 0 bridgehead atoms. The quantitative estimate of drug-likeness (QED) is 0.526. The van der Waals surface area contributed by atoms with Crippen molar-refractivity contribution in [2.45, 2.75) is 38.3 Å². The molecule has 1 N–H and O–H groups in total. The summed E-state index contributed by atoms with van der Waals surface area (Å²) in [6, 6.07) is 3.53. The van der Waals surface area contributed by atoms with Gasteiger partial charge in [-0.15, -0.1) is 0 Å². The van der Waals surface area contributed by atoms with Gasteiger partial charge in [-0.3, -0.25) is 9.48 Å². The van der Waals surface area contributed by atoms with Crippen molar-refractivity contribution in [3.63, 3.8) is 0 Å². The summed E-state index contributed by atoms with van der Waals surface area (Å²) < 4.78 is 60.4. The molecular formula is C18H17F4N3O4. The average Bonchev–Trinajstić information content (AvgIpc) is 3.41. The van der Waals surface area contributed by atoms with Gasteiger partial charge in [0.1, 0.15) is 17.9 Å². The molecule has 0 saturated heterocycles. The Hall–Kier alpha value is -3.11. The Bertz CT molecular complexity index is 913. The second-order valence-electron chi connectivity index (χ2n) is 6.35. The standard InChI is InChI=1S/C18H17F4N3O4/c1-28-17(27)11-5-4-10(6-13(11)29-18(21)22)23-16(26)12-7-25(8-14(19)20)24-15(12)9-2-3-9/h4-7,9,14,18H,2-3,8H2,1H3,(H,23,26). The van der Waals surface area contributed by atoms with E-state index in [0.29, 0.717) is 5.69 Å². The van der Waals surface area contributed by atoms with E-state index in [9.17, 15) is 27.2 Å². The zero-order valence-electron chi connectivity index (χ0n) is 15.2. The number of ether oxygens (including phenoxy) is 2. The molecule has 1 aliphatic carbocycles. The summed E-state index contributed by atoms with van der Waals surface area (Å²) in [5.74, 6) is -1.97. The molecule has 0 unspecified atom stereocenters. The normalized spacial score (nSPS) is 13.6. The van der Waals surface area contributed by atoms with Gasteiger partial charge in [0.15, 0.2) is 0 Å². The van der Waals surface area contributed by atoms with Gasteiger partial charge in [-0.1, -0.05) is 0 Å². The number of halogens is 4. The van der Waals surface area contributed by atoms with Crippen molar-refractivity contribution < 1.29 is 36.6 Å². The minimum atomic E-state index is -3.20. The van der Waals surface area contributed by atoms with E-state index in [1.807, 2.05) is 0 Å². The van der Waals surface area contributed by atoms with Crippen molar-refractivity contribution in [2.24, 2.45) is 0 Å². The molecular weight excluding hydrogens is 398 g/mol. The van der Waals surface area contributed by atoms with Gasteiger partial charge < -0.3 is 14.8 Å². The van der Waals surface area contributed by atoms with Crippen LogP contribution in [-0.4, -0.2) is 41.8 Å².